The first-order chi connectivity index (χ1) is 14.3. The maximum Gasteiger partial charge on any atom is 0.264 e. The molecule has 6 nitrogen and oxygen atoms in total. The van der Waals surface area contributed by atoms with Crippen LogP contribution in [0, 0.1) is 0 Å². The van der Waals surface area contributed by atoms with E-state index in [0.717, 1.165) is 12.8 Å². The van der Waals surface area contributed by atoms with Crippen LogP contribution < -0.4 is 14.4 Å². The minimum absolute atomic E-state index is 0.181. The van der Waals surface area contributed by atoms with Crippen LogP contribution in [0.25, 0.3) is 0 Å². The molecule has 0 aliphatic heterocycles. The number of methoxy groups -OCH3 is 1. The number of pyridine rings is 2. The van der Waals surface area contributed by atoms with Gasteiger partial charge < -0.3 is 9.47 Å². The average Bonchev–Trinajstić information content (AvgIpc) is 3.28. The number of amides is 1. The zero-order valence-corrected chi connectivity index (χ0v) is 16.3. The van der Waals surface area contributed by atoms with Crippen LogP contribution in [-0.4, -0.2) is 29.1 Å². The first kappa shape index (κ1) is 18.9. The zero-order valence-electron chi connectivity index (χ0n) is 16.3. The molecular formula is C23H23N3O3. The summed E-state index contributed by atoms with van der Waals surface area (Å²) >= 11 is 0. The van der Waals surface area contributed by atoms with E-state index in [-0.39, 0.29) is 12.0 Å². The van der Waals surface area contributed by atoms with Gasteiger partial charge in [-0.2, -0.15) is 0 Å². The molecule has 1 aliphatic rings. The van der Waals surface area contributed by atoms with Crippen LogP contribution in [0.15, 0.2) is 67.3 Å². The van der Waals surface area contributed by atoms with E-state index in [1.807, 2.05) is 24.3 Å². The number of aromatic nitrogens is 2. The molecule has 0 radical (unpaired) electrons. The highest BCUT2D eigenvalue weighted by atomic mass is 16.5. The van der Waals surface area contributed by atoms with E-state index in [4.69, 9.17) is 9.47 Å². The molecule has 1 saturated carbocycles. The van der Waals surface area contributed by atoms with Crippen LogP contribution >= 0.6 is 0 Å². The third-order valence-electron chi connectivity index (χ3n) is 5.02. The highest BCUT2D eigenvalue weighted by molar-refractivity contribution is 6.10. The molecule has 0 spiro atoms. The number of carbonyl (C=O) groups excluding carboxylic acids is 1. The molecule has 1 fully saturated rings. The van der Waals surface area contributed by atoms with Crippen molar-refractivity contribution in [1.29, 1.82) is 0 Å². The van der Waals surface area contributed by atoms with Gasteiger partial charge >= 0.3 is 0 Å². The van der Waals surface area contributed by atoms with E-state index in [1.54, 1.807) is 55.0 Å². The molecule has 29 heavy (non-hydrogen) atoms. The smallest absolute Gasteiger partial charge is 0.264 e. The maximum atomic E-state index is 13.3. The molecule has 148 valence electrons. The van der Waals surface area contributed by atoms with Crippen molar-refractivity contribution in [2.24, 2.45) is 0 Å². The summed E-state index contributed by atoms with van der Waals surface area (Å²) in [6.45, 7) is 0. The molecular weight excluding hydrogens is 366 g/mol. The van der Waals surface area contributed by atoms with E-state index in [9.17, 15) is 4.79 Å². The monoisotopic (exact) mass is 389 g/mol. The van der Waals surface area contributed by atoms with Gasteiger partial charge in [-0.1, -0.05) is 0 Å². The lowest BCUT2D eigenvalue weighted by atomic mass is 10.2. The van der Waals surface area contributed by atoms with E-state index in [0.29, 0.717) is 28.4 Å². The van der Waals surface area contributed by atoms with E-state index >= 15 is 0 Å². The minimum atomic E-state index is -0.192. The fourth-order valence-corrected chi connectivity index (χ4v) is 3.57. The zero-order chi connectivity index (χ0) is 20.1. The second-order valence-corrected chi connectivity index (χ2v) is 6.95. The Kier molecular flexibility index (Phi) is 5.70. The fourth-order valence-electron chi connectivity index (χ4n) is 3.57. The lowest BCUT2D eigenvalue weighted by Crippen LogP contribution is -2.26. The number of rotatable bonds is 6. The molecule has 4 rings (SSSR count). The summed E-state index contributed by atoms with van der Waals surface area (Å²) < 4.78 is 11.7. The standard InChI is InChI=1S/C23H23N3O3/c1-28-21-11-10-18(14-22(21)29-20-8-2-3-9-20)26(19-7-5-13-25-16-19)23(27)17-6-4-12-24-15-17/h4-7,10-16,20H,2-3,8-9H2,1H3. The van der Waals surface area contributed by atoms with Crippen LogP contribution in [-0.2, 0) is 0 Å². The molecule has 1 aliphatic carbocycles. The summed E-state index contributed by atoms with van der Waals surface area (Å²) in [7, 11) is 1.62. The summed E-state index contributed by atoms with van der Waals surface area (Å²) in [5.74, 6) is 1.11. The molecule has 6 heteroatoms. The second-order valence-electron chi connectivity index (χ2n) is 6.95. The van der Waals surface area contributed by atoms with Crippen LogP contribution in [0.5, 0.6) is 11.5 Å². The van der Waals surface area contributed by atoms with Gasteiger partial charge in [0, 0.05) is 24.7 Å². The molecule has 0 saturated heterocycles. The lowest BCUT2D eigenvalue weighted by Gasteiger charge is -2.24. The second kappa shape index (κ2) is 8.73. The van der Waals surface area contributed by atoms with E-state index in [1.165, 1.54) is 12.8 Å². The van der Waals surface area contributed by atoms with Gasteiger partial charge in [0.15, 0.2) is 11.5 Å². The molecule has 0 unspecified atom stereocenters. The first-order valence-corrected chi connectivity index (χ1v) is 9.75. The number of hydrogen-bond acceptors (Lipinski definition) is 5. The predicted octanol–water partition coefficient (Wildman–Crippen LogP) is 4.79. The summed E-state index contributed by atoms with van der Waals surface area (Å²) in [5.41, 5.74) is 1.84. The Morgan fingerprint density at radius 3 is 2.38 bits per heavy atom. The lowest BCUT2D eigenvalue weighted by molar-refractivity contribution is 0.0999. The molecule has 0 N–H and O–H groups in total. The Balaban J connectivity index is 1.75. The van der Waals surface area contributed by atoms with Gasteiger partial charge in [-0.25, -0.2) is 0 Å². The van der Waals surface area contributed by atoms with Crippen LogP contribution in [0.1, 0.15) is 36.0 Å². The summed E-state index contributed by atoms with van der Waals surface area (Å²) in [5, 5.41) is 0. The normalized spacial score (nSPS) is 13.8. The van der Waals surface area contributed by atoms with Crippen molar-refractivity contribution < 1.29 is 14.3 Å². The van der Waals surface area contributed by atoms with Crippen molar-refractivity contribution in [3.63, 3.8) is 0 Å². The first-order valence-electron chi connectivity index (χ1n) is 9.75. The predicted molar refractivity (Wildman–Crippen MR) is 111 cm³/mol. The van der Waals surface area contributed by atoms with E-state index < -0.39 is 0 Å². The molecule has 2 aromatic heterocycles. The summed E-state index contributed by atoms with van der Waals surface area (Å²) in [6.07, 6.45) is 11.1. The molecule has 1 aromatic carbocycles. The molecule has 2 heterocycles. The van der Waals surface area contributed by atoms with Crippen molar-refractivity contribution in [3.8, 4) is 11.5 Å². The van der Waals surface area contributed by atoms with Crippen molar-refractivity contribution in [2.45, 2.75) is 31.8 Å². The molecule has 1 amide bonds. The number of ether oxygens (including phenoxy) is 2. The number of nitrogens with zero attached hydrogens (tertiary/aromatic N) is 3. The van der Waals surface area contributed by atoms with Crippen LogP contribution in [0.2, 0.25) is 0 Å². The molecule has 0 bridgehead atoms. The third kappa shape index (κ3) is 4.21. The van der Waals surface area contributed by atoms with Crippen molar-refractivity contribution in [3.05, 3.63) is 72.8 Å². The Labute approximate surface area is 170 Å². The Morgan fingerprint density at radius 2 is 1.72 bits per heavy atom. The van der Waals surface area contributed by atoms with Gasteiger partial charge in [0.05, 0.1) is 36.3 Å². The highest BCUT2D eigenvalue weighted by Crippen LogP contribution is 2.37. The van der Waals surface area contributed by atoms with Crippen molar-refractivity contribution >= 4 is 17.3 Å². The van der Waals surface area contributed by atoms with Gasteiger partial charge in [0.25, 0.3) is 5.91 Å². The Hall–Kier alpha value is -3.41. The van der Waals surface area contributed by atoms with Crippen molar-refractivity contribution in [1.82, 2.24) is 9.97 Å². The fraction of sp³-hybridized carbons (Fsp3) is 0.261. The van der Waals surface area contributed by atoms with Gasteiger partial charge in [-0.15, -0.1) is 0 Å². The quantitative estimate of drug-likeness (QED) is 0.607. The average molecular weight is 389 g/mol. The van der Waals surface area contributed by atoms with E-state index in [2.05, 4.69) is 9.97 Å². The third-order valence-corrected chi connectivity index (χ3v) is 5.02. The number of benzene rings is 1. The van der Waals surface area contributed by atoms with Crippen molar-refractivity contribution in [2.75, 3.05) is 12.0 Å². The SMILES string of the molecule is COc1ccc(N(C(=O)c2cccnc2)c2cccnc2)cc1OC1CCCC1. The minimum Gasteiger partial charge on any atom is -0.493 e. The largest absolute Gasteiger partial charge is 0.493 e. The molecule has 3 aromatic rings. The van der Waals surface area contributed by atoms with Gasteiger partial charge in [-0.3, -0.25) is 19.7 Å². The summed E-state index contributed by atoms with van der Waals surface area (Å²) in [6, 6.07) is 12.7. The maximum absolute atomic E-state index is 13.3. The number of hydrogen-bond donors (Lipinski definition) is 0. The Bertz CT molecular complexity index is 958. The summed E-state index contributed by atoms with van der Waals surface area (Å²) in [4.78, 5) is 23.2. The number of anilines is 2. The highest BCUT2D eigenvalue weighted by Gasteiger charge is 2.23. The van der Waals surface area contributed by atoms with Crippen LogP contribution in [0.4, 0.5) is 11.4 Å². The van der Waals surface area contributed by atoms with Gasteiger partial charge in [0.1, 0.15) is 0 Å². The Morgan fingerprint density at radius 1 is 0.966 bits per heavy atom. The van der Waals surface area contributed by atoms with Crippen LogP contribution in [0.3, 0.4) is 0 Å². The molecule has 0 atom stereocenters. The van der Waals surface area contributed by atoms with Gasteiger partial charge in [0.2, 0.25) is 0 Å². The number of carbonyl (C=O) groups is 1. The van der Waals surface area contributed by atoms with Gasteiger partial charge in [-0.05, 0) is 62.1 Å². The topological polar surface area (TPSA) is 64.5 Å².